The molecule has 0 bridgehead atoms. The molecule has 4 aromatic rings. The van der Waals surface area contributed by atoms with Crippen LogP contribution in [-0.2, 0) is 12.0 Å². The Kier molecular flexibility index (Phi) is 3.92. The Labute approximate surface area is 152 Å². The summed E-state index contributed by atoms with van der Waals surface area (Å²) in [4.78, 5) is 9.28. The Bertz CT molecular complexity index is 990. The van der Waals surface area contributed by atoms with Gasteiger partial charge >= 0.3 is 0 Å². The van der Waals surface area contributed by atoms with Crippen molar-refractivity contribution in [1.82, 2.24) is 14.5 Å². The van der Waals surface area contributed by atoms with Crippen LogP contribution in [0.1, 0.15) is 31.9 Å². The third kappa shape index (κ3) is 3.10. The van der Waals surface area contributed by atoms with Gasteiger partial charge in [0.15, 0.2) is 5.82 Å². The van der Waals surface area contributed by atoms with Gasteiger partial charge < -0.3 is 4.57 Å². The molecule has 4 rings (SSSR count). The molecule has 2 aromatic heterocycles. The molecular weight excluding hydrogens is 326 g/mol. The van der Waals surface area contributed by atoms with Crippen molar-refractivity contribution < 1.29 is 0 Å². The summed E-state index contributed by atoms with van der Waals surface area (Å²) in [5.74, 6) is 0.933. The predicted octanol–water partition coefficient (Wildman–Crippen LogP) is 5.51. The van der Waals surface area contributed by atoms with Crippen LogP contribution in [0.3, 0.4) is 0 Å². The van der Waals surface area contributed by atoms with E-state index in [1.807, 2.05) is 11.6 Å². The van der Waals surface area contributed by atoms with Gasteiger partial charge in [-0.2, -0.15) is 0 Å². The van der Waals surface area contributed by atoms with Crippen LogP contribution in [0.25, 0.3) is 22.6 Å². The first-order valence-electron chi connectivity index (χ1n) is 8.45. The summed E-state index contributed by atoms with van der Waals surface area (Å²) in [7, 11) is 0. The minimum atomic E-state index is 0.173. The van der Waals surface area contributed by atoms with Crippen LogP contribution in [0.4, 0.5) is 0 Å². The van der Waals surface area contributed by atoms with Crippen LogP contribution in [0.15, 0.2) is 59.4 Å². The van der Waals surface area contributed by atoms with Crippen molar-refractivity contribution in [2.24, 2.45) is 0 Å². The van der Waals surface area contributed by atoms with Crippen LogP contribution < -0.4 is 0 Å². The first kappa shape index (κ1) is 16.0. The van der Waals surface area contributed by atoms with Gasteiger partial charge in [-0.05, 0) is 28.7 Å². The third-order valence-corrected chi connectivity index (χ3v) is 5.06. The summed E-state index contributed by atoms with van der Waals surface area (Å²) in [5.41, 5.74) is 7.75. The quantitative estimate of drug-likeness (QED) is 0.489. The van der Waals surface area contributed by atoms with E-state index < -0.39 is 0 Å². The standard InChI is InChI=1S/C21H21N3S/c1-21(2,3)16-10-8-15(9-11-16)12-24-19-7-5-4-6-17(19)23-20(24)18-13-25-14-22-18/h4-11,13-14H,12H2,1-3H3. The first-order chi connectivity index (χ1) is 12.0. The second-order valence-corrected chi connectivity index (χ2v) is 8.05. The molecule has 0 spiro atoms. The largest absolute Gasteiger partial charge is 0.318 e. The number of para-hydroxylation sites is 2. The van der Waals surface area contributed by atoms with Gasteiger partial charge in [0.25, 0.3) is 0 Å². The zero-order chi connectivity index (χ0) is 17.4. The Morgan fingerprint density at radius 2 is 1.76 bits per heavy atom. The molecule has 0 aliphatic carbocycles. The highest BCUT2D eigenvalue weighted by Gasteiger charge is 2.16. The van der Waals surface area contributed by atoms with Gasteiger partial charge in [-0.15, -0.1) is 11.3 Å². The zero-order valence-corrected chi connectivity index (χ0v) is 15.5. The summed E-state index contributed by atoms with van der Waals surface area (Å²) in [6.07, 6.45) is 0. The molecule has 0 fully saturated rings. The molecule has 4 heteroatoms. The fourth-order valence-corrected chi connectivity index (χ4v) is 3.58. The summed E-state index contributed by atoms with van der Waals surface area (Å²) < 4.78 is 2.26. The number of imidazole rings is 1. The Morgan fingerprint density at radius 1 is 1.00 bits per heavy atom. The lowest BCUT2D eigenvalue weighted by Gasteiger charge is -2.19. The summed E-state index contributed by atoms with van der Waals surface area (Å²) in [6.45, 7) is 7.51. The SMILES string of the molecule is CC(C)(C)c1ccc(Cn2c(-c3cscn3)nc3ccccc32)cc1. The van der Waals surface area contributed by atoms with Gasteiger partial charge in [-0.25, -0.2) is 9.97 Å². The summed E-state index contributed by atoms with van der Waals surface area (Å²) in [5, 5.41) is 2.06. The van der Waals surface area contributed by atoms with E-state index >= 15 is 0 Å². The number of benzene rings is 2. The number of hydrogen-bond acceptors (Lipinski definition) is 3. The molecule has 3 nitrogen and oxygen atoms in total. The molecule has 0 atom stereocenters. The lowest BCUT2D eigenvalue weighted by molar-refractivity contribution is 0.590. The Hall–Kier alpha value is -2.46. The van der Waals surface area contributed by atoms with E-state index in [4.69, 9.17) is 4.98 Å². The molecule has 126 valence electrons. The molecular formula is C21H21N3S. The highest BCUT2D eigenvalue weighted by Crippen LogP contribution is 2.27. The number of fused-ring (bicyclic) bond motifs is 1. The van der Waals surface area contributed by atoms with Crippen molar-refractivity contribution in [3.05, 3.63) is 70.5 Å². The van der Waals surface area contributed by atoms with Crippen molar-refractivity contribution in [3.8, 4) is 11.5 Å². The van der Waals surface area contributed by atoms with Crippen molar-refractivity contribution >= 4 is 22.4 Å². The molecule has 0 radical (unpaired) electrons. The maximum absolute atomic E-state index is 4.82. The van der Waals surface area contributed by atoms with Crippen LogP contribution >= 0.6 is 11.3 Å². The Morgan fingerprint density at radius 3 is 2.44 bits per heavy atom. The van der Waals surface area contributed by atoms with E-state index in [2.05, 4.69) is 78.2 Å². The fraction of sp³-hybridized carbons (Fsp3) is 0.238. The van der Waals surface area contributed by atoms with Gasteiger partial charge in [-0.3, -0.25) is 0 Å². The van der Waals surface area contributed by atoms with Crippen molar-refractivity contribution in [2.75, 3.05) is 0 Å². The summed E-state index contributed by atoms with van der Waals surface area (Å²) in [6, 6.07) is 17.2. The average molecular weight is 347 g/mol. The minimum Gasteiger partial charge on any atom is -0.318 e. The van der Waals surface area contributed by atoms with E-state index in [0.717, 1.165) is 29.1 Å². The van der Waals surface area contributed by atoms with E-state index in [9.17, 15) is 0 Å². The van der Waals surface area contributed by atoms with Crippen molar-refractivity contribution in [3.63, 3.8) is 0 Å². The fourth-order valence-electron chi connectivity index (χ4n) is 3.05. The highest BCUT2D eigenvalue weighted by atomic mass is 32.1. The lowest BCUT2D eigenvalue weighted by Crippen LogP contribution is -2.11. The van der Waals surface area contributed by atoms with E-state index in [1.165, 1.54) is 11.1 Å². The van der Waals surface area contributed by atoms with Gasteiger partial charge in [0.1, 0.15) is 5.69 Å². The van der Waals surface area contributed by atoms with Crippen LogP contribution in [0, 0.1) is 0 Å². The molecule has 0 saturated heterocycles. The van der Waals surface area contributed by atoms with Crippen molar-refractivity contribution in [2.45, 2.75) is 32.7 Å². The van der Waals surface area contributed by atoms with Gasteiger partial charge in [0.2, 0.25) is 0 Å². The summed E-state index contributed by atoms with van der Waals surface area (Å²) >= 11 is 1.60. The topological polar surface area (TPSA) is 30.7 Å². The van der Waals surface area contributed by atoms with Gasteiger partial charge in [0, 0.05) is 11.9 Å². The minimum absolute atomic E-state index is 0.173. The second-order valence-electron chi connectivity index (χ2n) is 7.33. The molecule has 0 N–H and O–H groups in total. The smallest absolute Gasteiger partial charge is 0.160 e. The molecule has 25 heavy (non-hydrogen) atoms. The molecule has 0 aliphatic rings. The number of aromatic nitrogens is 3. The van der Waals surface area contributed by atoms with E-state index in [0.29, 0.717) is 0 Å². The number of hydrogen-bond donors (Lipinski definition) is 0. The van der Waals surface area contributed by atoms with Crippen LogP contribution in [-0.4, -0.2) is 14.5 Å². The number of thiazole rings is 1. The molecule has 0 unspecified atom stereocenters. The van der Waals surface area contributed by atoms with Crippen molar-refractivity contribution in [1.29, 1.82) is 0 Å². The maximum Gasteiger partial charge on any atom is 0.160 e. The molecule has 0 saturated carbocycles. The van der Waals surface area contributed by atoms with E-state index in [-0.39, 0.29) is 5.41 Å². The third-order valence-electron chi connectivity index (χ3n) is 4.48. The number of rotatable bonds is 3. The monoisotopic (exact) mass is 347 g/mol. The van der Waals surface area contributed by atoms with Crippen LogP contribution in [0.2, 0.25) is 0 Å². The highest BCUT2D eigenvalue weighted by molar-refractivity contribution is 7.07. The lowest BCUT2D eigenvalue weighted by atomic mass is 9.87. The zero-order valence-electron chi connectivity index (χ0n) is 14.7. The normalized spacial score (nSPS) is 12.0. The predicted molar refractivity (Wildman–Crippen MR) is 105 cm³/mol. The molecule has 0 amide bonds. The number of nitrogens with zero attached hydrogens (tertiary/aromatic N) is 3. The maximum atomic E-state index is 4.82. The molecule has 2 aromatic carbocycles. The van der Waals surface area contributed by atoms with Crippen LogP contribution in [0.5, 0.6) is 0 Å². The van der Waals surface area contributed by atoms with E-state index in [1.54, 1.807) is 11.3 Å². The average Bonchev–Trinajstić information content (AvgIpc) is 3.23. The Balaban J connectivity index is 1.77. The molecule has 2 heterocycles. The van der Waals surface area contributed by atoms with Gasteiger partial charge in [0.05, 0.1) is 16.5 Å². The molecule has 0 aliphatic heterocycles. The second kappa shape index (κ2) is 6.12. The van der Waals surface area contributed by atoms with Gasteiger partial charge in [-0.1, -0.05) is 57.2 Å². The first-order valence-corrected chi connectivity index (χ1v) is 9.40.